The van der Waals surface area contributed by atoms with Crippen molar-refractivity contribution in [2.45, 2.75) is 31.8 Å². The lowest BCUT2D eigenvalue weighted by molar-refractivity contribution is -0.135. The highest BCUT2D eigenvalue weighted by Gasteiger charge is 2.30. The average molecular weight is 417 g/mol. The highest BCUT2D eigenvalue weighted by atomic mass is 35.5. The summed E-state index contributed by atoms with van der Waals surface area (Å²) in [5.41, 5.74) is 3.27. The number of amides is 2. The molecule has 0 saturated carbocycles. The lowest BCUT2D eigenvalue weighted by atomic mass is 10.1. The Morgan fingerprint density at radius 3 is 2.83 bits per heavy atom. The predicted molar refractivity (Wildman–Crippen MR) is 108 cm³/mol. The number of halogens is 2. The molecular weight excluding hydrogens is 395 g/mol. The largest absolute Gasteiger partial charge is 0.380 e. The minimum atomic E-state index is -0.325. The zero-order valence-electron chi connectivity index (χ0n) is 16.0. The van der Waals surface area contributed by atoms with Crippen molar-refractivity contribution in [1.29, 1.82) is 0 Å². The summed E-state index contributed by atoms with van der Waals surface area (Å²) in [5.74, 6) is -0.765. The van der Waals surface area contributed by atoms with E-state index in [1.54, 1.807) is 24.2 Å². The summed E-state index contributed by atoms with van der Waals surface area (Å²) in [7, 11) is 1.72. The molecule has 1 aliphatic carbocycles. The van der Waals surface area contributed by atoms with Gasteiger partial charge in [-0.15, -0.1) is 0 Å². The Kier molecular flexibility index (Phi) is 5.41. The molecule has 152 valence electrons. The molecular formula is C21H22ClFN4O2. The molecule has 2 aromatic rings. The van der Waals surface area contributed by atoms with E-state index in [2.05, 4.69) is 15.6 Å². The first-order chi connectivity index (χ1) is 13.9. The maximum atomic E-state index is 14.2. The van der Waals surface area contributed by atoms with Crippen LogP contribution in [0.2, 0.25) is 5.02 Å². The Balaban J connectivity index is 1.33. The van der Waals surface area contributed by atoms with Gasteiger partial charge >= 0.3 is 0 Å². The zero-order chi connectivity index (χ0) is 20.5. The third kappa shape index (κ3) is 4.19. The number of hydrogen-bond acceptors (Lipinski definition) is 4. The molecule has 1 aromatic carbocycles. The molecule has 2 unspecified atom stereocenters. The van der Waals surface area contributed by atoms with E-state index in [0.29, 0.717) is 25.1 Å². The van der Waals surface area contributed by atoms with Crippen LogP contribution in [0.3, 0.4) is 0 Å². The van der Waals surface area contributed by atoms with Crippen molar-refractivity contribution >= 4 is 29.1 Å². The maximum absolute atomic E-state index is 14.2. The predicted octanol–water partition coefficient (Wildman–Crippen LogP) is 2.55. The number of carbonyl (C=O) groups is 2. The van der Waals surface area contributed by atoms with Gasteiger partial charge in [0.25, 0.3) is 0 Å². The summed E-state index contributed by atoms with van der Waals surface area (Å²) in [6.45, 7) is 0.774. The molecule has 1 aromatic heterocycles. The lowest BCUT2D eigenvalue weighted by Crippen LogP contribution is -2.33. The normalized spacial score (nSPS) is 20.3. The van der Waals surface area contributed by atoms with Gasteiger partial charge in [0.2, 0.25) is 11.8 Å². The number of benzene rings is 1. The lowest BCUT2D eigenvalue weighted by Gasteiger charge is -2.20. The highest BCUT2D eigenvalue weighted by Crippen LogP contribution is 2.30. The zero-order valence-corrected chi connectivity index (χ0v) is 16.8. The van der Waals surface area contributed by atoms with Crippen molar-refractivity contribution in [3.63, 3.8) is 0 Å². The minimum absolute atomic E-state index is 0.0586. The van der Waals surface area contributed by atoms with Gasteiger partial charge in [0.1, 0.15) is 5.82 Å². The molecule has 2 amide bonds. The molecule has 2 aliphatic rings. The van der Waals surface area contributed by atoms with Crippen molar-refractivity contribution in [2.24, 2.45) is 5.92 Å². The molecule has 1 aliphatic heterocycles. The molecule has 8 heteroatoms. The fourth-order valence-corrected chi connectivity index (χ4v) is 4.16. The molecule has 2 atom stereocenters. The van der Waals surface area contributed by atoms with Crippen molar-refractivity contribution in [3.8, 4) is 0 Å². The monoisotopic (exact) mass is 416 g/mol. The Labute approximate surface area is 173 Å². The van der Waals surface area contributed by atoms with E-state index in [1.165, 1.54) is 0 Å². The molecule has 2 N–H and O–H groups in total. The molecule has 0 spiro atoms. The number of carbonyl (C=O) groups excluding carboxylic acids is 2. The number of aromatic nitrogens is 1. The van der Waals surface area contributed by atoms with Crippen LogP contribution in [0.1, 0.15) is 23.2 Å². The van der Waals surface area contributed by atoms with Crippen molar-refractivity contribution < 1.29 is 14.0 Å². The van der Waals surface area contributed by atoms with Gasteiger partial charge in [-0.2, -0.15) is 0 Å². The summed E-state index contributed by atoms with van der Waals surface area (Å²) in [5, 5.41) is 6.23. The van der Waals surface area contributed by atoms with Gasteiger partial charge in [-0.25, -0.2) is 4.39 Å². The van der Waals surface area contributed by atoms with Crippen LogP contribution in [0.25, 0.3) is 0 Å². The maximum Gasteiger partial charge on any atom is 0.228 e. The number of hydrogen-bond donors (Lipinski definition) is 2. The standard InChI is InChI=1S/C21H22ClFN4O2/c1-27(21(29)13-7-19(28)25-9-13)11-15-4-3-14(10-24-15)26-16-6-12-2-5-18(22)20(23)17(12)8-16/h2-5,10,13,16,26H,6-9,11H2,1H3,(H,25,28). The van der Waals surface area contributed by atoms with E-state index < -0.39 is 0 Å². The average Bonchev–Trinajstić information content (AvgIpc) is 3.32. The second-order valence-corrected chi connectivity index (χ2v) is 8.09. The van der Waals surface area contributed by atoms with Gasteiger partial charge in [-0.3, -0.25) is 14.6 Å². The SMILES string of the molecule is CN(Cc1ccc(NC2Cc3ccc(Cl)c(F)c3C2)cn1)C(=O)C1CNC(=O)C1. The van der Waals surface area contributed by atoms with E-state index >= 15 is 0 Å². The van der Waals surface area contributed by atoms with Crippen LogP contribution in [0, 0.1) is 11.7 Å². The Morgan fingerprint density at radius 2 is 2.14 bits per heavy atom. The van der Waals surface area contributed by atoms with Crippen LogP contribution in [0.4, 0.5) is 10.1 Å². The van der Waals surface area contributed by atoms with Crippen LogP contribution in [-0.2, 0) is 29.0 Å². The first-order valence-corrected chi connectivity index (χ1v) is 9.97. The Morgan fingerprint density at radius 1 is 1.31 bits per heavy atom. The van der Waals surface area contributed by atoms with Gasteiger partial charge in [-0.1, -0.05) is 17.7 Å². The summed E-state index contributed by atoms with van der Waals surface area (Å²) < 4.78 is 14.2. The second-order valence-electron chi connectivity index (χ2n) is 7.69. The number of fused-ring (bicyclic) bond motifs is 1. The smallest absolute Gasteiger partial charge is 0.228 e. The minimum Gasteiger partial charge on any atom is -0.380 e. The van der Waals surface area contributed by atoms with E-state index in [1.807, 2.05) is 18.2 Å². The third-order valence-corrected chi connectivity index (χ3v) is 5.80. The summed E-state index contributed by atoms with van der Waals surface area (Å²) in [6.07, 6.45) is 3.28. The van der Waals surface area contributed by atoms with E-state index in [9.17, 15) is 14.0 Å². The molecule has 0 bridgehead atoms. The summed E-state index contributed by atoms with van der Waals surface area (Å²) in [6, 6.07) is 7.34. The summed E-state index contributed by atoms with van der Waals surface area (Å²) >= 11 is 5.88. The molecule has 4 rings (SSSR count). The van der Waals surface area contributed by atoms with Crippen LogP contribution in [-0.4, -0.2) is 41.3 Å². The molecule has 2 heterocycles. The van der Waals surface area contributed by atoms with Crippen LogP contribution >= 0.6 is 11.6 Å². The van der Waals surface area contributed by atoms with E-state index in [4.69, 9.17) is 11.6 Å². The second kappa shape index (κ2) is 7.99. The third-order valence-electron chi connectivity index (χ3n) is 5.51. The van der Waals surface area contributed by atoms with Crippen molar-refractivity contribution in [1.82, 2.24) is 15.2 Å². The van der Waals surface area contributed by atoms with Crippen molar-refractivity contribution in [3.05, 3.63) is 58.1 Å². The van der Waals surface area contributed by atoms with Gasteiger partial charge in [0.05, 0.1) is 35.1 Å². The highest BCUT2D eigenvalue weighted by molar-refractivity contribution is 6.30. The first-order valence-electron chi connectivity index (χ1n) is 9.59. The number of nitrogens with zero attached hydrogens (tertiary/aromatic N) is 2. The van der Waals surface area contributed by atoms with Crippen LogP contribution in [0.15, 0.2) is 30.5 Å². The topological polar surface area (TPSA) is 74.3 Å². The van der Waals surface area contributed by atoms with Gasteiger partial charge in [0.15, 0.2) is 0 Å². The fourth-order valence-electron chi connectivity index (χ4n) is 3.98. The number of nitrogens with one attached hydrogen (secondary N) is 2. The molecule has 6 nitrogen and oxygen atoms in total. The van der Waals surface area contributed by atoms with Gasteiger partial charge in [0, 0.05) is 26.1 Å². The molecule has 0 radical (unpaired) electrons. The Hall–Kier alpha value is -2.67. The van der Waals surface area contributed by atoms with Gasteiger partial charge in [-0.05, 0) is 42.2 Å². The fraction of sp³-hybridized carbons (Fsp3) is 0.381. The van der Waals surface area contributed by atoms with Crippen LogP contribution in [0.5, 0.6) is 0 Å². The van der Waals surface area contributed by atoms with Crippen LogP contribution < -0.4 is 10.6 Å². The quantitative estimate of drug-likeness (QED) is 0.785. The molecule has 1 fully saturated rings. The summed E-state index contributed by atoms with van der Waals surface area (Å²) in [4.78, 5) is 29.7. The first kappa shape index (κ1) is 19.6. The van der Waals surface area contributed by atoms with Crippen molar-refractivity contribution in [2.75, 3.05) is 18.9 Å². The number of pyridine rings is 1. The Bertz CT molecular complexity index is 950. The van der Waals surface area contributed by atoms with Gasteiger partial charge < -0.3 is 15.5 Å². The van der Waals surface area contributed by atoms with E-state index in [-0.39, 0.29) is 41.0 Å². The number of anilines is 1. The molecule has 29 heavy (non-hydrogen) atoms. The number of rotatable bonds is 5. The molecule has 1 saturated heterocycles. The van der Waals surface area contributed by atoms with E-state index in [0.717, 1.165) is 23.4 Å².